The summed E-state index contributed by atoms with van der Waals surface area (Å²) in [5, 5.41) is 8.51. The van der Waals surface area contributed by atoms with Gasteiger partial charge in [-0.1, -0.05) is 26.2 Å². The van der Waals surface area contributed by atoms with Gasteiger partial charge in [-0.05, 0) is 6.42 Å². The average Bonchev–Trinajstić information content (AvgIpc) is 2.02. The molecule has 13 heavy (non-hydrogen) atoms. The van der Waals surface area contributed by atoms with Gasteiger partial charge in [0.25, 0.3) is 0 Å². The van der Waals surface area contributed by atoms with Crippen LogP contribution in [-0.2, 0) is 10.0 Å². The number of unbranched alkanes of at least 4 members (excludes halogenated alkanes) is 3. The Labute approximate surface area is 80.2 Å². The number of sulfonamides is 1. The lowest BCUT2D eigenvalue weighted by Crippen LogP contribution is -2.25. The molecule has 0 heterocycles. The van der Waals surface area contributed by atoms with Gasteiger partial charge in [0.1, 0.15) is 0 Å². The van der Waals surface area contributed by atoms with Crippen LogP contribution in [0.15, 0.2) is 0 Å². The topological polar surface area (TPSA) is 61.2 Å². The van der Waals surface area contributed by atoms with Crippen LogP contribution in [0, 0.1) is 11.5 Å². The van der Waals surface area contributed by atoms with Crippen LogP contribution in [0.4, 0.5) is 0 Å². The first-order chi connectivity index (χ1) is 6.02. The molecule has 0 unspecified atom stereocenters. The summed E-state index contributed by atoms with van der Waals surface area (Å²) in [5.41, 5.74) is 0. The summed E-state index contributed by atoms with van der Waals surface area (Å²) in [4.78, 5) is 0. The third-order valence-electron chi connectivity index (χ3n) is 1.73. The van der Waals surface area contributed by atoms with Crippen molar-refractivity contribution < 1.29 is 8.42 Å². The molecule has 0 aromatic heterocycles. The molecule has 0 N–H and O–H groups in total. The number of hydrogen-bond acceptors (Lipinski definition) is 3. The van der Waals surface area contributed by atoms with Gasteiger partial charge in [0.05, 0.1) is 6.26 Å². The monoisotopic (exact) mass is 204 g/mol. The number of rotatable bonds is 6. The highest BCUT2D eigenvalue weighted by Gasteiger charge is 2.12. The van der Waals surface area contributed by atoms with Crippen molar-refractivity contribution >= 4 is 10.0 Å². The zero-order valence-electron chi connectivity index (χ0n) is 8.15. The Bertz CT molecular complexity index is 266. The van der Waals surface area contributed by atoms with Crippen molar-refractivity contribution in [1.82, 2.24) is 4.31 Å². The molecule has 0 aliphatic rings. The van der Waals surface area contributed by atoms with Gasteiger partial charge in [0.15, 0.2) is 6.19 Å². The first-order valence-corrected chi connectivity index (χ1v) is 6.24. The van der Waals surface area contributed by atoms with Crippen LogP contribution in [-0.4, -0.2) is 25.5 Å². The van der Waals surface area contributed by atoms with E-state index in [0.29, 0.717) is 6.54 Å². The lowest BCUT2D eigenvalue weighted by molar-refractivity contribution is 0.492. The largest absolute Gasteiger partial charge is 0.240 e. The van der Waals surface area contributed by atoms with E-state index < -0.39 is 10.0 Å². The van der Waals surface area contributed by atoms with Crippen LogP contribution in [0.3, 0.4) is 0 Å². The minimum absolute atomic E-state index is 0.315. The molecular formula is C8H16N2O2S. The van der Waals surface area contributed by atoms with Gasteiger partial charge in [-0.3, -0.25) is 0 Å². The van der Waals surface area contributed by atoms with Gasteiger partial charge in [0.2, 0.25) is 10.0 Å². The van der Waals surface area contributed by atoms with Gasteiger partial charge in [-0.25, -0.2) is 12.7 Å². The fourth-order valence-corrected chi connectivity index (χ4v) is 1.58. The van der Waals surface area contributed by atoms with Crippen LogP contribution >= 0.6 is 0 Å². The highest BCUT2D eigenvalue weighted by atomic mass is 32.2. The molecule has 0 atom stereocenters. The second-order valence-electron chi connectivity index (χ2n) is 3.00. The van der Waals surface area contributed by atoms with Crippen molar-refractivity contribution in [1.29, 1.82) is 5.26 Å². The summed E-state index contributed by atoms with van der Waals surface area (Å²) < 4.78 is 22.7. The van der Waals surface area contributed by atoms with Crippen LogP contribution in [0.5, 0.6) is 0 Å². The molecule has 0 saturated heterocycles. The zero-order valence-corrected chi connectivity index (χ0v) is 8.97. The molecule has 0 radical (unpaired) electrons. The highest BCUT2D eigenvalue weighted by Crippen LogP contribution is 2.03. The molecule has 0 aliphatic heterocycles. The number of hydrogen-bond donors (Lipinski definition) is 0. The molecule has 0 aliphatic carbocycles. The van der Waals surface area contributed by atoms with Crippen LogP contribution in [0.25, 0.3) is 0 Å². The molecule has 0 fully saturated rings. The molecule has 0 saturated carbocycles. The van der Waals surface area contributed by atoms with E-state index in [1.54, 1.807) is 6.19 Å². The van der Waals surface area contributed by atoms with Crippen LogP contribution in [0.1, 0.15) is 32.6 Å². The van der Waals surface area contributed by atoms with E-state index in [9.17, 15) is 8.42 Å². The Morgan fingerprint density at radius 3 is 2.31 bits per heavy atom. The molecule has 0 bridgehead atoms. The molecule has 0 amide bonds. The van der Waals surface area contributed by atoms with Gasteiger partial charge in [0, 0.05) is 6.54 Å². The van der Waals surface area contributed by atoms with E-state index in [1.165, 1.54) is 0 Å². The molecule has 4 nitrogen and oxygen atoms in total. The smallest absolute Gasteiger partial charge is 0.206 e. The summed E-state index contributed by atoms with van der Waals surface area (Å²) in [6.07, 6.45) is 6.64. The highest BCUT2D eigenvalue weighted by molar-refractivity contribution is 7.88. The molecule has 0 spiro atoms. The maximum atomic E-state index is 10.9. The number of nitriles is 1. The van der Waals surface area contributed by atoms with E-state index in [1.807, 2.05) is 0 Å². The Kier molecular flexibility index (Phi) is 5.47. The second-order valence-corrected chi connectivity index (χ2v) is 4.90. The fourth-order valence-electron chi connectivity index (χ4n) is 0.972. The second kappa shape index (κ2) is 5.81. The van der Waals surface area contributed by atoms with Crippen molar-refractivity contribution in [2.45, 2.75) is 32.6 Å². The Morgan fingerprint density at radius 2 is 1.92 bits per heavy atom. The van der Waals surface area contributed by atoms with Crippen molar-refractivity contribution in [2.24, 2.45) is 0 Å². The van der Waals surface area contributed by atoms with Crippen molar-refractivity contribution in [3.8, 4) is 6.19 Å². The lowest BCUT2D eigenvalue weighted by Gasteiger charge is -2.11. The molecule has 76 valence electrons. The summed E-state index contributed by atoms with van der Waals surface area (Å²) in [5.74, 6) is 0. The summed E-state index contributed by atoms with van der Waals surface area (Å²) in [6.45, 7) is 2.40. The maximum absolute atomic E-state index is 10.9. The van der Waals surface area contributed by atoms with Gasteiger partial charge in [-0.15, -0.1) is 0 Å². The van der Waals surface area contributed by atoms with Crippen molar-refractivity contribution in [2.75, 3.05) is 12.8 Å². The third kappa shape index (κ3) is 5.47. The third-order valence-corrected chi connectivity index (χ3v) is 2.79. The van der Waals surface area contributed by atoms with Gasteiger partial charge >= 0.3 is 0 Å². The van der Waals surface area contributed by atoms with Crippen molar-refractivity contribution in [3.05, 3.63) is 0 Å². The number of nitrogens with zero attached hydrogens (tertiary/aromatic N) is 2. The molecular weight excluding hydrogens is 188 g/mol. The quantitative estimate of drug-likeness (QED) is 0.372. The van der Waals surface area contributed by atoms with E-state index in [-0.39, 0.29) is 0 Å². The Balaban J connectivity index is 3.83. The van der Waals surface area contributed by atoms with Gasteiger partial charge in [-0.2, -0.15) is 5.26 Å². The van der Waals surface area contributed by atoms with Crippen molar-refractivity contribution in [3.63, 3.8) is 0 Å². The lowest BCUT2D eigenvalue weighted by atomic mass is 10.2. The predicted octanol–water partition coefficient (Wildman–Crippen LogP) is 1.31. The minimum atomic E-state index is -3.33. The van der Waals surface area contributed by atoms with E-state index >= 15 is 0 Å². The Hall–Kier alpha value is -0.760. The first-order valence-electron chi connectivity index (χ1n) is 4.39. The summed E-state index contributed by atoms with van der Waals surface area (Å²) in [7, 11) is -3.33. The fraction of sp³-hybridized carbons (Fsp3) is 0.875. The predicted molar refractivity (Wildman–Crippen MR) is 51.3 cm³/mol. The summed E-state index contributed by atoms with van der Waals surface area (Å²) >= 11 is 0. The molecule has 5 heteroatoms. The molecule has 0 rings (SSSR count). The Morgan fingerprint density at radius 1 is 1.31 bits per heavy atom. The molecule has 0 aromatic carbocycles. The maximum Gasteiger partial charge on any atom is 0.240 e. The summed E-state index contributed by atoms with van der Waals surface area (Å²) in [6, 6.07) is 0. The normalized spacial score (nSPS) is 10.8. The van der Waals surface area contributed by atoms with E-state index in [0.717, 1.165) is 36.2 Å². The standard InChI is InChI=1S/C8H16N2O2S/c1-3-4-5-6-7-10(8-9)13(2,11)12/h3-7H2,1-2H3. The van der Waals surface area contributed by atoms with E-state index in [2.05, 4.69) is 6.92 Å². The van der Waals surface area contributed by atoms with Crippen LogP contribution in [0.2, 0.25) is 0 Å². The minimum Gasteiger partial charge on any atom is -0.206 e. The van der Waals surface area contributed by atoms with Gasteiger partial charge < -0.3 is 0 Å². The first kappa shape index (κ1) is 12.2. The molecule has 0 aromatic rings. The van der Waals surface area contributed by atoms with E-state index in [4.69, 9.17) is 5.26 Å². The average molecular weight is 204 g/mol. The SMILES string of the molecule is CCCCCCN(C#N)S(C)(=O)=O. The zero-order chi connectivity index (χ0) is 10.3. The van der Waals surface area contributed by atoms with Crippen LogP contribution < -0.4 is 0 Å².